The number of hydrogen-bond acceptors (Lipinski definition) is 17. The predicted octanol–water partition coefficient (Wildman–Crippen LogP) is -0.0636. The molecule has 0 radical (unpaired) electrons. The summed E-state index contributed by atoms with van der Waals surface area (Å²) < 4.78 is 76.8. The molecule has 0 saturated heterocycles. The Labute approximate surface area is 324 Å². The van der Waals surface area contributed by atoms with E-state index < -0.39 is 19.7 Å². The fraction of sp³-hybridized carbons (Fsp3) is 0.875. The number of nitrogens with two attached hydrogens (primary N) is 2. The maximum Gasteiger partial charge on any atom is 0.148 e. The standard InChI is InChI=1S/C15H31N5O5S.C8H18N4O3.C7H13NO2S.2CH4/c1-19(5-12-26(2,21)22)13-15-14-20(18-17-15)4-7-24-9-11-25-10-8-23-6-3-16;9-1-3-13-5-7-15-8-6-14-4-2-11-12-10;1-4-5-8(2)6-7-11(3,9)10;;/h14H,3-13,16H2,1-2H3;1-9H2;1H,5-7H2,2-3H3;2*1H4. The van der Waals surface area contributed by atoms with Crippen molar-refractivity contribution in [3.63, 3.8) is 0 Å². The van der Waals surface area contributed by atoms with E-state index in [-0.39, 0.29) is 26.4 Å². The average molecular weight is 819 g/mol. The molecule has 1 rings (SSSR count). The molecule has 0 fully saturated rings. The van der Waals surface area contributed by atoms with Crippen molar-refractivity contribution in [2.75, 3.05) is 157 Å². The second kappa shape index (κ2) is 40.2. The molecule has 0 atom stereocenters. The summed E-state index contributed by atoms with van der Waals surface area (Å²) in [4.78, 5) is 6.29. The van der Waals surface area contributed by atoms with Crippen molar-refractivity contribution in [2.45, 2.75) is 27.9 Å². The average Bonchev–Trinajstić information content (AvgIpc) is 3.53. The third-order valence-corrected chi connectivity index (χ3v) is 7.79. The van der Waals surface area contributed by atoms with Gasteiger partial charge in [0.05, 0.1) is 110 Å². The minimum atomic E-state index is -2.96. The van der Waals surface area contributed by atoms with Crippen LogP contribution in [0.3, 0.4) is 0 Å². The highest BCUT2D eigenvalue weighted by atomic mass is 32.2. The number of ether oxygens (including phenoxy) is 6. The summed E-state index contributed by atoms with van der Waals surface area (Å²) in [5, 5.41) is 11.4. The van der Waals surface area contributed by atoms with E-state index in [1.165, 1.54) is 12.5 Å². The minimum absolute atomic E-state index is 0. The summed E-state index contributed by atoms with van der Waals surface area (Å²) in [6.07, 6.45) is 9.32. The van der Waals surface area contributed by atoms with E-state index in [1.807, 2.05) is 18.1 Å². The Morgan fingerprint density at radius 3 is 1.63 bits per heavy atom. The van der Waals surface area contributed by atoms with Gasteiger partial charge in [-0.1, -0.05) is 31.1 Å². The number of rotatable bonds is 31. The monoisotopic (exact) mass is 818 g/mol. The maximum absolute atomic E-state index is 11.2. The molecule has 0 saturated carbocycles. The van der Waals surface area contributed by atoms with E-state index >= 15 is 0 Å². The van der Waals surface area contributed by atoms with Crippen molar-refractivity contribution in [3.05, 3.63) is 22.3 Å². The Balaban J connectivity index is -0.000000380. The lowest BCUT2D eigenvalue weighted by molar-refractivity contribution is 0.0141. The highest BCUT2D eigenvalue weighted by molar-refractivity contribution is 7.90. The van der Waals surface area contributed by atoms with Gasteiger partial charge in [-0.3, -0.25) is 9.80 Å². The molecule has 0 amide bonds. The molecule has 0 bridgehead atoms. The zero-order valence-electron chi connectivity index (χ0n) is 31.3. The van der Waals surface area contributed by atoms with Crippen molar-refractivity contribution in [3.8, 4) is 12.3 Å². The second-order valence-corrected chi connectivity index (χ2v) is 15.6. The molecule has 1 aromatic heterocycles. The molecule has 0 aromatic carbocycles. The number of sulfone groups is 2. The summed E-state index contributed by atoms with van der Waals surface area (Å²) in [6, 6.07) is 0. The molecular weight excluding hydrogens is 749 g/mol. The molecule has 320 valence electrons. The minimum Gasteiger partial charge on any atom is -0.379 e. The topological polar surface area (TPSA) is 262 Å². The van der Waals surface area contributed by atoms with Crippen LogP contribution in [0, 0.1) is 12.3 Å². The number of terminal acetylenes is 1. The number of azide groups is 1. The number of aromatic nitrogens is 3. The van der Waals surface area contributed by atoms with Gasteiger partial charge in [-0.15, -0.1) is 11.5 Å². The van der Waals surface area contributed by atoms with Crippen LogP contribution >= 0.6 is 0 Å². The first-order chi connectivity index (χ1) is 24.8. The Morgan fingerprint density at radius 2 is 1.20 bits per heavy atom. The lowest BCUT2D eigenvalue weighted by Gasteiger charge is -2.13. The summed E-state index contributed by atoms with van der Waals surface area (Å²) in [5.41, 5.74) is 19.3. The molecule has 0 aliphatic rings. The van der Waals surface area contributed by atoms with Gasteiger partial charge in [0.2, 0.25) is 0 Å². The van der Waals surface area contributed by atoms with Crippen LogP contribution in [0.2, 0.25) is 0 Å². The van der Waals surface area contributed by atoms with Crippen LogP contribution in [-0.2, 0) is 61.2 Å². The van der Waals surface area contributed by atoms with E-state index in [9.17, 15) is 16.8 Å². The molecule has 0 spiro atoms. The first kappa shape index (κ1) is 58.2. The van der Waals surface area contributed by atoms with Crippen molar-refractivity contribution in [1.29, 1.82) is 0 Å². The van der Waals surface area contributed by atoms with Gasteiger partial charge < -0.3 is 39.9 Å². The Kier molecular flexibility index (Phi) is 43.3. The van der Waals surface area contributed by atoms with E-state index in [0.717, 1.165) is 5.69 Å². The Morgan fingerprint density at radius 1 is 0.778 bits per heavy atom. The molecule has 0 aliphatic heterocycles. The predicted molar refractivity (Wildman–Crippen MR) is 213 cm³/mol. The smallest absolute Gasteiger partial charge is 0.148 e. The zero-order chi connectivity index (χ0) is 39.4. The Hall–Kier alpha value is -2.49. The Bertz CT molecular complexity index is 1280. The fourth-order valence-electron chi connectivity index (χ4n) is 3.31. The van der Waals surface area contributed by atoms with Crippen LogP contribution in [0.1, 0.15) is 20.5 Å². The van der Waals surface area contributed by atoms with E-state index in [2.05, 4.69) is 26.3 Å². The van der Waals surface area contributed by atoms with Crippen molar-refractivity contribution in [1.82, 2.24) is 24.8 Å². The van der Waals surface area contributed by atoms with Crippen molar-refractivity contribution in [2.24, 2.45) is 16.6 Å². The normalized spacial score (nSPS) is 10.9. The molecule has 22 heteroatoms. The summed E-state index contributed by atoms with van der Waals surface area (Å²) in [5.74, 6) is 2.74. The molecule has 0 aliphatic carbocycles. The van der Waals surface area contributed by atoms with Crippen LogP contribution in [0.4, 0.5) is 0 Å². The first-order valence-electron chi connectivity index (χ1n) is 16.7. The maximum atomic E-state index is 11.2. The van der Waals surface area contributed by atoms with Crippen LogP contribution in [0.25, 0.3) is 10.4 Å². The lowest BCUT2D eigenvalue weighted by atomic mass is 10.4. The largest absolute Gasteiger partial charge is 0.379 e. The van der Waals surface area contributed by atoms with Gasteiger partial charge in [-0.25, -0.2) is 21.5 Å². The molecule has 54 heavy (non-hydrogen) atoms. The van der Waals surface area contributed by atoms with Crippen LogP contribution in [0.5, 0.6) is 0 Å². The van der Waals surface area contributed by atoms with Crippen molar-refractivity contribution < 1.29 is 45.3 Å². The summed E-state index contributed by atoms with van der Waals surface area (Å²) in [7, 11) is -2.15. The molecule has 1 aromatic rings. The lowest BCUT2D eigenvalue weighted by Crippen LogP contribution is -2.25. The van der Waals surface area contributed by atoms with Crippen LogP contribution in [0.15, 0.2) is 11.3 Å². The van der Waals surface area contributed by atoms with Gasteiger partial charge in [0.15, 0.2) is 0 Å². The van der Waals surface area contributed by atoms with Crippen LogP contribution in [-0.4, -0.2) is 198 Å². The van der Waals surface area contributed by atoms with Gasteiger partial charge in [0.25, 0.3) is 0 Å². The highest BCUT2D eigenvalue weighted by Crippen LogP contribution is 1.99. The number of hydrogen-bond donors (Lipinski definition) is 2. The quantitative estimate of drug-likeness (QED) is 0.0327. The first-order valence-corrected chi connectivity index (χ1v) is 20.8. The van der Waals surface area contributed by atoms with E-state index in [4.69, 9.17) is 51.8 Å². The highest BCUT2D eigenvalue weighted by Gasteiger charge is 2.09. The van der Waals surface area contributed by atoms with Gasteiger partial charge in [-0.2, -0.15) is 0 Å². The van der Waals surface area contributed by atoms with Gasteiger partial charge in [-0.05, 0) is 19.6 Å². The molecule has 0 unspecified atom stereocenters. The number of nitrogens with zero attached hydrogens (tertiary/aromatic N) is 8. The molecule has 4 N–H and O–H groups in total. The third-order valence-electron chi connectivity index (χ3n) is 5.94. The molecule has 20 nitrogen and oxygen atoms in total. The zero-order valence-corrected chi connectivity index (χ0v) is 33.0. The van der Waals surface area contributed by atoms with Gasteiger partial charge in [0.1, 0.15) is 19.7 Å². The van der Waals surface area contributed by atoms with Gasteiger partial charge >= 0.3 is 0 Å². The fourth-order valence-corrected chi connectivity index (χ4v) is 4.60. The second-order valence-electron chi connectivity index (χ2n) is 11.1. The van der Waals surface area contributed by atoms with Crippen LogP contribution < -0.4 is 11.5 Å². The SMILES string of the molecule is C.C.C#CCN(C)CCS(C)(=O)=O.CN(CCS(C)(=O)=O)Cc1cn(CCOCCOCCOCCN)nn1.[N-]=[N+]=NCCOCCOCCOCCN. The molecular formula is C32H70N10O10S2. The summed E-state index contributed by atoms with van der Waals surface area (Å²) >= 11 is 0. The molecule has 1 heterocycles. The van der Waals surface area contributed by atoms with Crippen molar-refractivity contribution >= 4 is 19.7 Å². The van der Waals surface area contributed by atoms with E-state index in [1.54, 1.807) is 16.6 Å². The third kappa shape index (κ3) is 47.5. The summed E-state index contributed by atoms with van der Waals surface area (Å²) in [6.45, 7) is 10.3. The van der Waals surface area contributed by atoms with Gasteiger partial charge in [0, 0.05) is 62.9 Å². The van der Waals surface area contributed by atoms with E-state index in [0.29, 0.717) is 132 Å².